The zero-order valence-electron chi connectivity index (χ0n) is 14.0. The minimum absolute atomic E-state index is 0.181. The molecule has 3 atom stereocenters. The van der Waals surface area contributed by atoms with Gasteiger partial charge in [-0.3, -0.25) is 4.79 Å². The molecule has 1 fully saturated rings. The number of carbonyl (C=O) groups excluding carboxylic acids is 1. The average Bonchev–Trinajstić information content (AvgIpc) is 2.52. The molecule has 4 heteroatoms. The molecule has 0 saturated heterocycles. The summed E-state index contributed by atoms with van der Waals surface area (Å²) in [6.45, 7) is 3.52. The highest BCUT2D eigenvalue weighted by Gasteiger charge is 2.26. The predicted molar refractivity (Wildman–Crippen MR) is 87.4 cm³/mol. The molecule has 0 heterocycles. The van der Waals surface area contributed by atoms with Gasteiger partial charge in [-0.15, -0.1) is 0 Å². The number of esters is 1. The lowest BCUT2D eigenvalue weighted by Crippen LogP contribution is -2.33. The Kier molecular flexibility index (Phi) is 9.41. The van der Waals surface area contributed by atoms with Gasteiger partial charge in [0.2, 0.25) is 0 Å². The van der Waals surface area contributed by atoms with Crippen LogP contribution in [-0.4, -0.2) is 34.5 Å². The van der Waals surface area contributed by atoms with Gasteiger partial charge in [0.15, 0.2) is 0 Å². The van der Waals surface area contributed by atoms with Gasteiger partial charge in [0.1, 0.15) is 6.10 Å². The summed E-state index contributed by atoms with van der Waals surface area (Å²) in [7, 11) is 0. The molecule has 0 aliphatic heterocycles. The minimum Gasteiger partial charge on any atom is -0.458 e. The van der Waals surface area contributed by atoms with Crippen LogP contribution >= 0.6 is 0 Å². The summed E-state index contributed by atoms with van der Waals surface area (Å²) in [5, 5.41) is 20.4. The molecule has 0 aromatic heterocycles. The number of rotatable bonds is 9. The second-order valence-electron chi connectivity index (χ2n) is 6.41. The van der Waals surface area contributed by atoms with Gasteiger partial charge >= 0.3 is 5.97 Å². The lowest BCUT2D eigenvalue weighted by molar-refractivity contribution is -0.144. The Balaban J connectivity index is 2.49. The van der Waals surface area contributed by atoms with Crippen LogP contribution < -0.4 is 0 Å². The Bertz CT molecular complexity index is 334. The van der Waals surface area contributed by atoms with Crippen molar-refractivity contribution in [3.05, 3.63) is 12.2 Å². The van der Waals surface area contributed by atoms with Crippen LogP contribution in [0.25, 0.3) is 0 Å². The number of aliphatic hydroxyl groups is 2. The summed E-state index contributed by atoms with van der Waals surface area (Å²) in [6, 6.07) is 0. The number of hydrogen-bond acceptors (Lipinski definition) is 4. The number of hydrogen-bond donors (Lipinski definition) is 2. The first-order valence-electron chi connectivity index (χ1n) is 8.76. The molecule has 4 nitrogen and oxygen atoms in total. The Morgan fingerprint density at radius 1 is 1.18 bits per heavy atom. The second kappa shape index (κ2) is 10.8. The normalized spacial score (nSPS) is 20.7. The molecule has 1 rings (SSSR count). The highest BCUT2D eigenvalue weighted by Crippen LogP contribution is 2.28. The van der Waals surface area contributed by atoms with E-state index in [9.17, 15) is 15.0 Å². The van der Waals surface area contributed by atoms with Crippen LogP contribution in [0.3, 0.4) is 0 Å². The van der Waals surface area contributed by atoms with Gasteiger partial charge in [-0.1, -0.05) is 45.1 Å². The summed E-state index contributed by atoms with van der Waals surface area (Å²) < 4.78 is 5.25. The van der Waals surface area contributed by atoms with Crippen molar-refractivity contribution < 1.29 is 19.7 Å². The molecule has 1 aliphatic carbocycles. The fraction of sp³-hybridized carbons (Fsp3) is 0.833. The van der Waals surface area contributed by atoms with Crippen LogP contribution in [0.2, 0.25) is 0 Å². The third kappa shape index (κ3) is 7.41. The Labute approximate surface area is 134 Å². The first-order chi connectivity index (χ1) is 10.5. The summed E-state index contributed by atoms with van der Waals surface area (Å²) in [5.41, 5.74) is 0. The van der Waals surface area contributed by atoms with Crippen molar-refractivity contribution in [2.45, 2.75) is 89.9 Å². The van der Waals surface area contributed by atoms with Crippen molar-refractivity contribution >= 4 is 5.97 Å². The molecule has 0 bridgehead atoms. The first-order valence-corrected chi connectivity index (χ1v) is 8.76. The molecule has 0 amide bonds. The zero-order chi connectivity index (χ0) is 16.4. The van der Waals surface area contributed by atoms with Gasteiger partial charge in [0.25, 0.3) is 0 Å². The molecule has 1 aliphatic rings. The molecule has 0 radical (unpaired) electrons. The molecule has 1 saturated carbocycles. The van der Waals surface area contributed by atoms with Crippen LogP contribution in [0.4, 0.5) is 0 Å². The van der Waals surface area contributed by atoms with Gasteiger partial charge in [-0.05, 0) is 37.7 Å². The third-order valence-corrected chi connectivity index (χ3v) is 4.42. The van der Waals surface area contributed by atoms with Gasteiger partial charge in [-0.2, -0.15) is 0 Å². The molecular formula is C18H32O4. The van der Waals surface area contributed by atoms with E-state index in [0.29, 0.717) is 0 Å². The maximum absolute atomic E-state index is 11.1. The SMILES string of the molecule is CCCCC[C@H](/C=C/[C@@H](O)[C@H](O)C1CCCCC1)OC(C)=O. The Morgan fingerprint density at radius 3 is 2.45 bits per heavy atom. The van der Waals surface area contributed by atoms with Crippen LogP contribution in [0.15, 0.2) is 12.2 Å². The molecule has 0 unspecified atom stereocenters. The van der Waals surface area contributed by atoms with E-state index in [4.69, 9.17) is 4.74 Å². The van der Waals surface area contributed by atoms with Crippen LogP contribution in [0, 0.1) is 5.92 Å². The van der Waals surface area contributed by atoms with Gasteiger partial charge < -0.3 is 14.9 Å². The van der Waals surface area contributed by atoms with Crippen molar-refractivity contribution in [2.75, 3.05) is 0 Å². The number of ether oxygens (including phenoxy) is 1. The van der Waals surface area contributed by atoms with Gasteiger partial charge in [-0.25, -0.2) is 0 Å². The second-order valence-corrected chi connectivity index (χ2v) is 6.41. The van der Waals surface area contributed by atoms with Crippen LogP contribution in [-0.2, 0) is 9.53 Å². The van der Waals surface area contributed by atoms with Gasteiger partial charge in [0.05, 0.1) is 12.2 Å². The van der Waals surface area contributed by atoms with Crippen LogP contribution in [0.1, 0.15) is 71.6 Å². The number of aliphatic hydroxyl groups excluding tert-OH is 2. The molecule has 128 valence electrons. The summed E-state index contributed by atoms with van der Waals surface area (Å²) in [4.78, 5) is 11.1. The molecule has 0 aromatic rings. The summed E-state index contributed by atoms with van der Waals surface area (Å²) in [5.74, 6) is -0.130. The number of carbonyl (C=O) groups is 1. The van der Waals surface area contributed by atoms with Crippen molar-refractivity contribution in [1.82, 2.24) is 0 Å². The average molecular weight is 312 g/mol. The monoisotopic (exact) mass is 312 g/mol. The Hall–Kier alpha value is -0.870. The zero-order valence-corrected chi connectivity index (χ0v) is 14.0. The van der Waals surface area contributed by atoms with E-state index in [0.717, 1.165) is 51.4 Å². The van der Waals surface area contributed by atoms with E-state index >= 15 is 0 Å². The fourth-order valence-electron chi connectivity index (χ4n) is 3.11. The van der Waals surface area contributed by atoms with Crippen molar-refractivity contribution in [2.24, 2.45) is 5.92 Å². The van der Waals surface area contributed by atoms with Crippen molar-refractivity contribution in [1.29, 1.82) is 0 Å². The standard InChI is InChI=1S/C18H32O4/c1-3-4-6-11-16(22-14(2)19)12-13-17(20)18(21)15-9-7-5-8-10-15/h12-13,15-18,20-21H,3-11H2,1-2H3/b13-12+/t16-,17-,18-/m1/s1. The highest BCUT2D eigenvalue weighted by molar-refractivity contribution is 5.66. The van der Waals surface area contributed by atoms with Crippen molar-refractivity contribution in [3.63, 3.8) is 0 Å². The van der Waals surface area contributed by atoms with E-state index in [-0.39, 0.29) is 18.0 Å². The van der Waals surface area contributed by atoms with Crippen molar-refractivity contribution in [3.8, 4) is 0 Å². The molecular weight excluding hydrogens is 280 g/mol. The quantitative estimate of drug-likeness (QED) is 0.389. The van der Waals surface area contributed by atoms with E-state index in [1.54, 1.807) is 12.2 Å². The van der Waals surface area contributed by atoms with E-state index in [2.05, 4.69) is 6.92 Å². The maximum Gasteiger partial charge on any atom is 0.303 e. The highest BCUT2D eigenvalue weighted by atomic mass is 16.5. The predicted octanol–water partition coefficient (Wildman–Crippen LogP) is 3.36. The molecule has 0 spiro atoms. The first kappa shape index (κ1) is 19.2. The van der Waals surface area contributed by atoms with E-state index in [1.165, 1.54) is 13.3 Å². The largest absolute Gasteiger partial charge is 0.458 e. The Morgan fingerprint density at radius 2 is 1.86 bits per heavy atom. The molecule has 22 heavy (non-hydrogen) atoms. The summed E-state index contributed by atoms with van der Waals surface area (Å²) in [6.07, 6.45) is 10.8. The molecule has 2 N–H and O–H groups in total. The minimum atomic E-state index is -0.882. The third-order valence-electron chi connectivity index (χ3n) is 4.42. The lowest BCUT2D eigenvalue weighted by atomic mass is 9.83. The molecule has 0 aromatic carbocycles. The van der Waals surface area contributed by atoms with Crippen LogP contribution in [0.5, 0.6) is 0 Å². The lowest BCUT2D eigenvalue weighted by Gasteiger charge is -2.28. The van der Waals surface area contributed by atoms with E-state index in [1.807, 2.05) is 0 Å². The van der Waals surface area contributed by atoms with E-state index < -0.39 is 12.2 Å². The topological polar surface area (TPSA) is 66.8 Å². The maximum atomic E-state index is 11.1. The number of unbranched alkanes of at least 4 members (excludes halogenated alkanes) is 2. The van der Waals surface area contributed by atoms with Gasteiger partial charge in [0, 0.05) is 6.92 Å². The fourth-order valence-corrected chi connectivity index (χ4v) is 3.11. The smallest absolute Gasteiger partial charge is 0.303 e. The summed E-state index contributed by atoms with van der Waals surface area (Å²) >= 11 is 0.